The van der Waals surface area contributed by atoms with E-state index in [0.717, 1.165) is 11.3 Å². The molecule has 0 unspecified atom stereocenters. The quantitative estimate of drug-likeness (QED) is 0.861. The number of hydrogen-bond donors (Lipinski definition) is 2. The third kappa shape index (κ3) is 3.07. The Morgan fingerprint density at radius 3 is 2.61 bits per heavy atom. The first-order chi connectivity index (χ1) is 8.79. The standard InChI is InChI=1S/C14H15N3O/c1-15-14(18)12-4-6-13(7-5-12)17-10-11-3-2-8-16-9-11/h2-9,17H,10H2,1H3,(H,15,18). The first kappa shape index (κ1) is 12.1. The van der Waals surface area contributed by atoms with Crippen molar-refractivity contribution in [3.63, 3.8) is 0 Å². The largest absolute Gasteiger partial charge is 0.381 e. The highest BCUT2D eigenvalue weighted by molar-refractivity contribution is 5.94. The lowest BCUT2D eigenvalue weighted by Crippen LogP contribution is -2.17. The van der Waals surface area contributed by atoms with E-state index in [0.29, 0.717) is 12.1 Å². The Balaban J connectivity index is 1.97. The van der Waals surface area contributed by atoms with Crippen LogP contribution in [0.2, 0.25) is 0 Å². The molecule has 1 heterocycles. The van der Waals surface area contributed by atoms with E-state index in [4.69, 9.17) is 0 Å². The number of benzene rings is 1. The van der Waals surface area contributed by atoms with Crippen LogP contribution in [0.1, 0.15) is 15.9 Å². The normalized spacial score (nSPS) is 9.83. The van der Waals surface area contributed by atoms with Gasteiger partial charge in [0.1, 0.15) is 0 Å². The van der Waals surface area contributed by atoms with Crippen LogP contribution in [0.4, 0.5) is 5.69 Å². The van der Waals surface area contributed by atoms with E-state index >= 15 is 0 Å². The molecule has 92 valence electrons. The van der Waals surface area contributed by atoms with Crippen LogP contribution < -0.4 is 10.6 Å². The molecule has 1 aromatic heterocycles. The predicted molar refractivity (Wildman–Crippen MR) is 71.4 cm³/mol. The highest BCUT2D eigenvalue weighted by Crippen LogP contribution is 2.10. The van der Waals surface area contributed by atoms with E-state index in [2.05, 4.69) is 15.6 Å². The van der Waals surface area contributed by atoms with Crippen LogP contribution in [0, 0.1) is 0 Å². The summed E-state index contributed by atoms with van der Waals surface area (Å²) in [7, 11) is 1.62. The molecule has 0 aliphatic rings. The smallest absolute Gasteiger partial charge is 0.251 e. The Kier molecular flexibility index (Phi) is 3.91. The van der Waals surface area contributed by atoms with Crippen molar-refractivity contribution >= 4 is 11.6 Å². The number of amides is 1. The van der Waals surface area contributed by atoms with Crippen molar-refractivity contribution < 1.29 is 4.79 Å². The Morgan fingerprint density at radius 1 is 1.22 bits per heavy atom. The average Bonchev–Trinajstić information content (AvgIpc) is 2.46. The summed E-state index contributed by atoms with van der Waals surface area (Å²) in [4.78, 5) is 15.4. The van der Waals surface area contributed by atoms with Crippen molar-refractivity contribution in [1.82, 2.24) is 10.3 Å². The molecule has 2 rings (SSSR count). The van der Waals surface area contributed by atoms with Gasteiger partial charge < -0.3 is 10.6 Å². The van der Waals surface area contributed by atoms with Crippen LogP contribution in [0.3, 0.4) is 0 Å². The number of nitrogens with zero attached hydrogens (tertiary/aromatic N) is 1. The zero-order chi connectivity index (χ0) is 12.8. The number of carbonyl (C=O) groups is 1. The monoisotopic (exact) mass is 241 g/mol. The lowest BCUT2D eigenvalue weighted by molar-refractivity contribution is 0.0963. The molecule has 0 bridgehead atoms. The highest BCUT2D eigenvalue weighted by atomic mass is 16.1. The van der Waals surface area contributed by atoms with Gasteiger partial charge >= 0.3 is 0 Å². The number of anilines is 1. The Hall–Kier alpha value is -2.36. The number of rotatable bonds is 4. The maximum Gasteiger partial charge on any atom is 0.251 e. The van der Waals surface area contributed by atoms with Crippen molar-refractivity contribution in [2.75, 3.05) is 12.4 Å². The maximum absolute atomic E-state index is 11.4. The van der Waals surface area contributed by atoms with Crippen molar-refractivity contribution in [2.24, 2.45) is 0 Å². The highest BCUT2D eigenvalue weighted by Gasteiger charge is 2.01. The predicted octanol–water partition coefficient (Wildman–Crippen LogP) is 2.05. The van der Waals surface area contributed by atoms with Crippen LogP contribution in [0.5, 0.6) is 0 Å². The fourth-order valence-corrected chi connectivity index (χ4v) is 1.59. The summed E-state index contributed by atoms with van der Waals surface area (Å²) in [5.74, 6) is -0.0752. The third-order valence-corrected chi connectivity index (χ3v) is 2.59. The summed E-state index contributed by atoms with van der Waals surface area (Å²) >= 11 is 0. The molecule has 0 saturated carbocycles. The molecule has 2 aromatic rings. The molecule has 0 radical (unpaired) electrons. The third-order valence-electron chi connectivity index (χ3n) is 2.59. The summed E-state index contributed by atoms with van der Waals surface area (Å²) in [6.45, 7) is 0.715. The average molecular weight is 241 g/mol. The molecule has 0 fully saturated rings. The van der Waals surface area contributed by atoms with Gasteiger partial charge in [-0.3, -0.25) is 9.78 Å². The van der Waals surface area contributed by atoms with Gasteiger partial charge in [0.15, 0.2) is 0 Å². The van der Waals surface area contributed by atoms with E-state index in [1.54, 1.807) is 25.4 Å². The lowest BCUT2D eigenvalue weighted by atomic mass is 10.2. The minimum atomic E-state index is -0.0752. The second-order valence-corrected chi connectivity index (χ2v) is 3.87. The summed E-state index contributed by atoms with van der Waals surface area (Å²) in [5, 5.41) is 5.86. The van der Waals surface area contributed by atoms with E-state index in [-0.39, 0.29) is 5.91 Å². The molecule has 0 atom stereocenters. The van der Waals surface area contributed by atoms with Gasteiger partial charge in [-0.15, -0.1) is 0 Å². The fourth-order valence-electron chi connectivity index (χ4n) is 1.59. The first-order valence-corrected chi connectivity index (χ1v) is 5.74. The molecule has 0 aliphatic heterocycles. The molecule has 2 N–H and O–H groups in total. The number of hydrogen-bond acceptors (Lipinski definition) is 3. The summed E-state index contributed by atoms with van der Waals surface area (Å²) in [6, 6.07) is 11.3. The van der Waals surface area contributed by atoms with Crippen LogP contribution in [-0.4, -0.2) is 17.9 Å². The van der Waals surface area contributed by atoms with E-state index in [1.165, 1.54) is 0 Å². The minimum Gasteiger partial charge on any atom is -0.381 e. The van der Waals surface area contributed by atoms with Crippen molar-refractivity contribution in [3.8, 4) is 0 Å². The lowest BCUT2D eigenvalue weighted by Gasteiger charge is -2.07. The van der Waals surface area contributed by atoms with Crippen LogP contribution in [-0.2, 0) is 6.54 Å². The molecule has 1 amide bonds. The van der Waals surface area contributed by atoms with Gasteiger partial charge in [0, 0.05) is 37.2 Å². The van der Waals surface area contributed by atoms with Gasteiger partial charge in [0.05, 0.1) is 0 Å². The van der Waals surface area contributed by atoms with Gasteiger partial charge in [0.2, 0.25) is 0 Å². The molecule has 0 aliphatic carbocycles. The van der Waals surface area contributed by atoms with Gasteiger partial charge in [-0.25, -0.2) is 0 Å². The topological polar surface area (TPSA) is 54.0 Å². The maximum atomic E-state index is 11.4. The zero-order valence-electron chi connectivity index (χ0n) is 10.2. The Bertz CT molecular complexity index is 508. The zero-order valence-corrected chi connectivity index (χ0v) is 10.2. The number of carbonyl (C=O) groups excluding carboxylic acids is 1. The number of aromatic nitrogens is 1. The number of nitrogens with one attached hydrogen (secondary N) is 2. The summed E-state index contributed by atoms with van der Waals surface area (Å²) in [6.07, 6.45) is 3.58. The summed E-state index contributed by atoms with van der Waals surface area (Å²) < 4.78 is 0. The molecule has 4 heteroatoms. The van der Waals surface area contributed by atoms with Gasteiger partial charge in [-0.05, 0) is 35.9 Å². The molecule has 0 saturated heterocycles. The van der Waals surface area contributed by atoms with Crippen LogP contribution in [0.25, 0.3) is 0 Å². The molecule has 18 heavy (non-hydrogen) atoms. The van der Waals surface area contributed by atoms with E-state index in [9.17, 15) is 4.79 Å². The van der Waals surface area contributed by atoms with Crippen molar-refractivity contribution in [3.05, 3.63) is 59.9 Å². The molecule has 0 spiro atoms. The molecule has 1 aromatic carbocycles. The minimum absolute atomic E-state index is 0.0752. The second kappa shape index (κ2) is 5.82. The molecular weight excluding hydrogens is 226 g/mol. The van der Waals surface area contributed by atoms with Crippen molar-refractivity contribution in [2.45, 2.75) is 6.54 Å². The van der Waals surface area contributed by atoms with Gasteiger partial charge in [0.25, 0.3) is 5.91 Å². The van der Waals surface area contributed by atoms with Crippen LogP contribution in [0.15, 0.2) is 48.8 Å². The second-order valence-electron chi connectivity index (χ2n) is 3.87. The van der Waals surface area contributed by atoms with Crippen LogP contribution >= 0.6 is 0 Å². The molecule has 4 nitrogen and oxygen atoms in total. The van der Waals surface area contributed by atoms with Crippen molar-refractivity contribution in [1.29, 1.82) is 0 Å². The summed E-state index contributed by atoms with van der Waals surface area (Å²) in [5.41, 5.74) is 2.75. The number of pyridine rings is 1. The van der Waals surface area contributed by atoms with E-state index < -0.39 is 0 Å². The Labute approximate surface area is 106 Å². The van der Waals surface area contributed by atoms with Gasteiger partial charge in [-0.2, -0.15) is 0 Å². The molecular formula is C14H15N3O. The Morgan fingerprint density at radius 2 is 2.00 bits per heavy atom. The fraction of sp³-hybridized carbons (Fsp3) is 0.143. The first-order valence-electron chi connectivity index (χ1n) is 5.74. The SMILES string of the molecule is CNC(=O)c1ccc(NCc2cccnc2)cc1. The van der Waals surface area contributed by atoms with Gasteiger partial charge in [-0.1, -0.05) is 6.07 Å². The van der Waals surface area contributed by atoms with E-state index in [1.807, 2.05) is 30.5 Å².